The molecule has 3 N–H and O–H groups in total. The lowest BCUT2D eigenvalue weighted by Gasteiger charge is -2.29. The minimum Gasteiger partial charge on any atom is -0.444 e. The maximum atomic E-state index is 12.4. The molecule has 33 heavy (non-hydrogen) atoms. The number of amides is 2. The fraction of sp³-hybridized carbons (Fsp3) is 0.269. The van der Waals surface area contributed by atoms with Crippen molar-refractivity contribution in [3.05, 3.63) is 71.9 Å². The van der Waals surface area contributed by atoms with Crippen LogP contribution in [-0.2, 0) is 4.74 Å². The fourth-order valence-electron chi connectivity index (χ4n) is 3.80. The number of carbonyl (C=O) groups excluding carboxylic acids is 2. The third-order valence-electron chi connectivity index (χ3n) is 5.41. The Labute approximate surface area is 193 Å². The predicted octanol–water partition coefficient (Wildman–Crippen LogP) is 5.10. The molecule has 0 saturated heterocycles. The van der Waals surface area contributed by atoms with E-state index in [2.05, 4.69) is 10.3 Å². The van der Waals surface area contributed by atoms with Gasteiger partial charge in [0.25, 0.3) is 5.91 Å². The Morgan fingerprint density at radius 2 is 1.88 bits per heavy atom. The van der Waals surface area contributed by atoms with Gasteiger partial charge in [0.2, 0.25) is 0 Å². The summed E-state index contributed by atoms with van der Waals surface area (Å²) in [7, 11) is 0. The second kappa shape index (κ2) is 8.94. The first-order valence-electron chi connectivity index (χ1n) is 10.9. The van der Waals surface area contributed by atoms with E-state index in [9.17, 15) is 9.59 Å². The van der Waals surface area contributed by atoms with Crippen LogP contribution in [0.2, 0.25) is 0 Å². The number of anilines is 2. The molecule has 0 atom stereocenters. The summed E-state index contributed by atoms with van der Waals surface area (Å²) in [5.41, 5.74) is 9.85. The van der Waals surface area contributed by atoms with Crippen molar-refractivity contribution in [1.29, 1.82) is 0 Å². The van der Waals surface area contributed by atoms with Crippen LogP contribution in [0, 0.1) is 0 Å². The Bertz CT molecular complexity index is 1230. The van der Waals surface area contributed by atoms with Gasteiger partial charge in [-0.2, -0.15) is 0 Å². The van der Waals surface area contributed by atoms with Gasteiger partial charge in [-0.3, -0.25) is 9.78 Å². The van der Waals surface area contributed by atoms with E-state index in [-0.39, 0.29) is 6.09 Å². The van der Waals surface area contributed by atoms with Gasteiger partial charge in [0.15, 0.2) is 0 Å². The summed E-state index contributed by atoms with van der Waals surface area (Å²) in [5.74, 6) is -0.543. The Kier molecular flexibility index (Phi) is 6.05. The maximum absolute atomic E-state index is 12.4. The summed E-state index contributed by atoms with van der Waals surface area (Å²) >= 11 is 0. The Morgan fingerprint density at radius 1 is 1.12 bits per heavy atom. The number of benzene rings is 2. The Balaban J connectivity index is 1.67. The van der Waals surface area contributed by atoms with Crippen LogP contribution >= 0.6 is 0 Å². The van der Waals surface area contributed by atoms with E-state index in [1.165, 1.54) is 6.20 Å². The van der Waals surface area contributed by atoms with Crippen molar-refractivity contribution >= 4 is 39.9 Å². The summed E-state index contributed by atoms with van der Waals surface area (Å²) in [6.07, 6.45) is 3.95. The topological polar surface area (TPSA) is 97.6 Å². The predicted molar refractivity (Wildman–Crippen MR) is 130 cm³/mol. The van der Waals surface area contributed by atoms with Crippen LogP contribution in [0.5, 0.6) is 0 Å². The number of fused-ring (bicyclic) bond motifs is 1. The fourth-order valence-corrected chi connectivity index (χ4v) is 3.80. The molecule has 7 heteroatoms. The van der Waals surface area contributed by atoms with Crippen molar-refractivity contribution in [3.8, 4) is 0 Å². The molecule has 2 aromatic carbocycles. The van der Waals surface area contributed by atoms with Gasteiger partial charge in [-0.05, 0) is 62.6 Å². The monoisotopic (exact) mass is 444 g/mol. The summed E-state index contributed by atoms with van der Waals surface area (Å²) in [6, 6.07) is 15.6. The van der Waals surface area contributed by atoms with Gasteiger partial charge in [0, 0.05) is 30.4 Å². The van der Waals surface area contributed by atoms with Gasteiger partial charge in [0.1, 0.15) is 5.60 Å². The standard InChI is InChI=1S/C26H28N4O3/c1-26(2,3)33-25(32)30-13-11-17(12-14-30)18-9-10-22-20(15-18)23(21(16-28-22)24(27)31)29-19-7-5-4-6-8-19/h4-11,15-16H,12-14H2,1-3H3,(H2,27,31)(H,28,29). The van der Waals surface area contributed by atoms with Crippen molar-refractivity contribution in [2.24, 2.45) is 5.73 Å². The quantitative estimate of drug-likeness (QED) is 0.583. The molecule has 1 aromatic heterocycles. The van der Waals surface area contributed by atoms with Crippen LogP contribution in [0.4, 0.5) is 16.2 Å². The van der Waals surface area contributed by atoms with Crippen molar-refractivity contribution in [3.63, 3.8) is 0 Å². The molecule has 0 saturated carbocycles. The molecule has 2 amide bonds. The van der Waals surface area contributed by atoms with E-state index in [0.717, 1.165) is 27.7 Å². The zero-order chi connectivity index (χ0) is 23.6. The van der Waals surface area contributed by atoms with Gasteiger partial charge >= 0.3 is 6.09 Å². The zero-order valence-corrected chi connectivity index (χ0v) is 19.1. The average molecular weight is 445 g/mol. The number of pyridine rings is 1. The normalized spacial score (nSPS) is 14.0. The molecule has 7 nitrogen and oxygen atoms in total. The second-order valence-electron chi connectivity index (χ2n) is 9.04. The molecule has 2 heterocycles. The smallest absolute Gasteiger partial charge is 0.410 e. The zero-order valence-electron chi connectivity index (χ0n) is 19.1. The summed E-state index contributed by atoms with van der Waals surface area (Å²) in [6.45, 7) is 6.65. The van der Waals surface area contributed by atoms with Crippen LogP contribution in [0.1, 0.15) is 43.1 Å². The van der Waals surface area contributed by atoms with Crippen LogP contribution in [-0.4, -0.2) is 40.6 Å². The molecule has 0 spiro atoms. The number of nitrogens with one attached hydrogen (secondary N) is 1. The molecular weight excluding hydrogens is 416 g/mol. The number of nitrogens with zero attached hydrogens (tertiary/aromatic N) is 2. The average Bonchev–Trinajstić information content (AvgIpc) is 2.78. The highest BCUT2D eigenvalue weighted by Gasteiger charge is 2.24. The maximum Gasteiger partial charge on any atom is 0.410 e. The first kappa shape index (κ1) is 22.3. The molecule has 170 valence electrons. The molecule has 0 bridgehead atoms. The van der Waals surface area contributed by atoms with E-state index >= 15 is 0 Å². The first-order valence-corrected chi connectivity index (χ1v) is 10.9. The Hall–Kier alpha value is -3.87. The van der Waals surface area contributed by atoms with Crippen LogP contribution in [0.25, 0.3) is 16.5 Å². The second-order valence-corrected chi connectivity index (χ2v) is 9.04. The van der Waals surface area contributed by atoms with Crippen LogP contribution < -0.4 is 11.1 Å². The third kappa shape index (κ3) is 5.14. The minimum absolute atomic E-state index is 0.305. The molecule has 0 fully saturated rings. The van der Waals surface area contributed by atoms with E-state index in [0.29, 0.717) is 30.8 Å². The highest BCUT2D eigenvalue weighted by molar-refractivity contribution is 6.08. The number of primary amides is 1. The Morgan fingerprint density at radius 3 is 2.52 bits per heavy atom. The van der Waals surface area contributed by atoms with Crippen LogP contribution in [0.3, 0.4) is 0 Å². The number of hydrogen-bond acceptors (Lipinski definition) is 5. The highest BCUT2D eigenvalue weighted by atomic mass is 16.6. The molecule has 1 aliphatic rings. The largest absolute Gasteiger partial charge is 0.444 e. The molecule has 1 aliphatic heterocycles. The minimum atomic E-state index is -0.543. The van der Waals surface area contributed by atoms with Gasteiger partial charge in [-0.25, -0.2) is 4.79 Å². The number of rotatable bonds is 4. The molecular formula is C26H28N4O3. The number of aromatic nitrogens is 1. The van der Waals surface area contributed by atoms with E-state index in [1.54, 1.807) is 4.90 Å². The van der Waals surface area contributed by atoms with Crippen molar-refractivity contribution in [2.75, 3.05) is 18.4 Å². The molecule has 0 unspecified atom stereocenters. The lowest BCUT2D eigenvalue weighted by Crippen LogP contribution is -2.39. The van der Waals surface area contributed by atoms with Gasteiger partial charge < -0.3 is 20.7 Å². The first-order chi connectivity index (χ1) is 15.7. The third-order valence-corrected chi connectivity index (χ3v) is 5.41. The molecule has 0 aliphatic carbocycles. The van der Waals surface area contributed by atoms with Gasteiger partial charge in [-0.15, -0.1) is 0 Å². The van der Waals surface area contributed by atoms with E-state index in [4.69, 9.17) is 10.5 Å². The summed E-state index contributed by atoms with van der Waals surface area (Å²) < 4.78 is 5.48. The van der Waals surface area contributed by atoms with Crippen LogP contribution in [0.15, 0.2) is 60.8 Å². The lowest BCUT2D eigenvalue weighted by molar-refractivity contribution is 0.0270. The summed E-state index contributed by atoms with van der Waals surface area (Å²) in [5, 5.41) is 4.15. The van der Waals surface area contributed by atoms with Crippen molar-refractivity contribution in [1.82, 2.24) is 9.88 Å². The van der Waals surface area contributed by atoms with Gasteiger partial charge in [-0.1, -0.05) is 30.3 Å². The molecule has 4 rings (SSSR count). The molecule has 3 aromatic rings. The number of hydrogen-bond donors (Lipinski definition) is 2. The van der Waals surface area contributed by atoms with Crippen molar-refractivity contribution < 1.29 is 14.3 Å². The van der Waals surface area contributed by atoms with Crippen molar-refractivity contribution in [2.45, 2.75) is 32.8 Å². The summed E-state index contributed by atoms with van der Waals surface area (Å²) in [4.78, 5) is 30.6. The highest BCUT2D eigenvalue weighted by Crippen LogP contribution is 2.32. The van der Waals surface area contributed by atoms with Gasteiger partial charge in [0.05, 0.1) is 16.8 Å². The number of para-hydroxylation sites is 1. The number of nitrogens with two attached hydrogens (primary N) is 1. The molecule has 0 radical (unpaired) electrons. The van der Waals surface area contributed by atoms with E-state index in [1.807, 2.05) is 75.4 Å². The SMILES string of the molecule is CC(C)(C)OC(=O)N1CC=C(c2ccc3ncc(C(N)=O)c(Nc4ccccc4)c3c2)CC1. The number of carbonyl (C=O) groups is 2. The lowest BCUT2D eigenvalue weighted by atomic mass is 9.97. The number of ether oxygens (including phenoxy) is 1. The van der Waals surface area contributed by atoms with E-state index < -0.39 is 11.5 Å².